The molecule has 1 N–H and O–H groups in total. The summed E-state index contributed by atoms with van der Waals surface area (Å²) in [6, 6.07) is 0. The fourth-order valence-corrected chi connectivity index (χ4v) is 1.55. The van der Waals surface area contributed by atoms with Crippen molar-refractivity contribution in [3.05, 3.63) is 10.7 Å². The van der Waals surface area contributed by atoms with Crippen molar-refractivity contribution in [2.45, 2.75) is 6.43 Å². The molecule has 0 aliphatic carbocycles. The van der Waals surface area contributed by atoms with Crippen LogP contribution in [0.2, 0.25) is 0 Å². The van der Waals surface area contributed by atoms with Gasteiger partial charge in [0.15, 0.2) is 0 Å². The molecule has 17 heavy (non-hydrogen) atoms. The minimum Gasteiger partial charge on any atom is -0.480 e. The Balaban J connectivity index is 2.92. The van der Waals surface area contributed by atoms with Crippen LogP contribution in [0.4, 0.5) is 14.7 Å². The number of aromatic nitrogens is 2. The molecule has 0 radical (unpaired) electrons. The summed E-state index contributed by atoms with van der Waals surface area (Å²) in [5.74, 6) is 0.353. The number of ether oxygens (including phenoxy) is 1. The predicted octanol–water partition coefficient (Wildman–Crippen LogP) is 1.31. The maximum Gasteiger partial charge on any atom is 0.255 e. The van der Waals surface area contributed by atoms with E-state index in [0.29, 0.717) is 4.47 Å². The van der Waals surface area contributed by atoms with Gasteiger partial charge < -0.3 is 14.7 Å². The highest BCUT2D eigenvalue weighted by atomic mass is 79.9. The van der Waals surface area contributed by atoms with Gasteiger partial charge in [-0.15, -0.1) is 0 Å². The maximum atomic E-state index is 12.3. The van der Waals surface area contributed by atoms with Crippen LogP contribution in [-0.4, -0.2) is 48.3 Å². The third-order valence-electron chi connectivity index (χ3n) is 1.90. The molecule has 1 heterocycles. The molecule has 1 aromatic heterocycles. The van der Waals surface area contributed by atoms with E-state index in [1.807, 2.05) is 0 Å². The molecule has 0 aliphatic heterocycles. The van der Waals surface area contributed by atoms with Gasteiger partial charge in [-0.2, -0.15) is 4.98 Å². The molecule has 0 spiro atoms. The van der Waals surface area contributed by atoms with Crippen molar-refractivity contribution >= 4 is 21.9 Å². The van der Waals surface area contributed by atoms with Crippen molar-refractivity contribution in [2.75, 3.05) is 31.7 Å². The van der Waals surface area contributed by atoms with Gasteiger partial charge in [0.2, 0.25) is 11.8 Å². The molecule has 0 aliphatic rings. The van der Waals surface area contributed by atoms with E-state index >= 15 is 0 Å². The third-order valence-corrected chi connectivity index (χ3v) is 2.45. The normalized spacial score (nSPS) is 10.7. The van der Waals surface area contributed by atoms with Gasteiger partial charge >= 0.3 is 0 Å². The van der Waals surface area contributed by atoms with Crippen LogP contribution in [0.3, 0.4) is 0 Å². The number of anilines is 1. The van der Waals surface area contributed by atoms with E-state index in [1.54, 1.807) is 0 Å². The van der Waals surface area contributed by atoms with E-state index in [9.17, 15) is 8.78 Å². The molecule has 96 valence electrons. The molecule has 0 amide bonds. The highest BCUT2D eigenvalue weighted by Gasteiger charge is 2.16. The SMILES string of the molecule is COc1nc(N(CCO)CC(F)F)ncc1Br. The summed E-state index contributed by atoms with van der Waals surface area (Å²) in [4.78, 5) is 9.06. The minimum atomic E-state index is -2.53. The number of nitrogens with zero attached hydrogens (tertiary/aromatic N) is 3. The number of hydrogen-bond acceptors (Lipinski definition) is 5. The van der Waals surface area contributed by atoms with Crippen LogP contribution in [0, 0.1) is 0 Å². The monoisotopic (exact) mass is 311 g/mol. The second-order valence-electron chi connectivity index (χ2n) is 3.09. The quantitative estimate of drug-likeness (QED) is 0.858. The van der Waals surface area contributed by atoms with Crippen LogP contribution in [0.15, 0.2) is 10.7 Å². The molecule has 0 unspecified atom stereocenters. The summed E-state index contributed by atoms with van der Waals surface area (Å²) >= 11 is 3.16. The molecule has 0 bridgehead atoms. The van der Waals surface area contributed by atoms with Crippen LogP contribution in [0.1, 0.15) is 0 Å². The Morgan fingerprint density at radius 2 is 2.29 bits per heavy atom. The lowest BCUT2D eigenvalue weighted by molar-refractivity contribution is 0.152. The Hall–Kier alpha value is -1.02. The third kappa shape index (κ3) is 4.04. The van der Waals surface area contributed by atoms with Crippen molar-refractivity contribution in [3.8, 4) is 5.88 Å². The van der Waals surface area contributed by atoms with Crippen LogP contribution in [0.25, 0.3) is 0 Å². The number of methoxy groups -OCH3 is 1. The lowest BCUT2D eigenvalue weighted by Gasteiger charge is -2.21. The first-order valence-electron chi connectivity index (χ1n) is 4.79. The molecule has 0 saturated heterocycles. The van der Waals surface area contributed by atoms with Crippen molar-refractivity contribution in [2.24, 2.45) is 0 Å². The summed E-state index contributed by atoms with van der Waals surface area (Å²) < 4.78 is 30.1. The maximum absolute atomic E-state index is 12.3. The molecule has 0 aromatic carbocycles. The van der Waals surface area contributed by atoms with Gasteiger partial charge in [0.1, 0.15) is 0 Å². The fraction of sp³-hybridized carbons (Fsp3) is 0.556. The van der Waals surface area contributed by atoms with Crippen LogP contribution < -0.4 is 9.64 Å². The zero-order valence-electron chi connectivity index (χ0n) is 9.11. The van der Waals surface area contributed by atoms with E-state index in [4.69, 9.17) is 9.84 Å². The first-order chi connectivity index (χ1) is 8.08. The lowest BCUT2D eigenvalue weighted by Crippen LogP contribution is -2.33. The number of hydrogen-bond donors (Lipinski definition) is 1. The Morgan fingerprint density at radius 3 is 2.82 bits per heavy atom. The summed E-state index contributed by atoms with van der Waals surface area (Å²) in [6.45, 7) is -0.755. The predicted molar refractivity (Wildman–Crippen MR) is 61.6 cm³/mol. The topological polar surface area (TPSA) is 58.5 Å². The van der Waals surface area contributed by atoms with Crippen molar-refractivity contribution in [1.29, 1.82) is 0 Å². The van der Waals surface area contributed by atoms with Crippen molar-refractivity contribution in [1.82, 2.24) is 9.97 Å². The van der Waals surface area contributed by atoms with Gasteiger partial charge in [-0.05, 0) is 15.9 Å². The van der Waals surface area contributed by atoms with E-state index in [-0.39, 0.29) is 25.0 Å². The molecule has 5 nitrogen and oxygen atoms in total. The molecule has 1 aromatic rings. The molecule has 1 rings (SSSR count). The van der Waals surface area contributed by atoms with E-state index in [0.717, 1.165) is 0 Å². The second-order valence-corrected chi connectivity index (χ2v) is 3.94. The van der Waals surface area contributed by atoms with Crippen LogP contribution in [-0.2, 0) is 0 Å². The highest BCUT2D eigenvalue weighted by molar-refractivity contribution is 9.10. The van der Waals surface area contributed by atoms with Gasteiger partial charge in [-0.1, -0.05) is 0 Å². The largest absolute Gasteiger partial charge is 0.480 e. The molecular formula is C9H12BrF2N3O2. The van der Waals surface area contributed by atoms with Gasteiger partial charge in [0.05, 0.1) is 30.9 Å². The van der Waals surface area contributed by atoms with Gasteiger partial charge in [0.25, 0.3) is 6.43 Å². The summed E-state index contributed by atoms with van der Waals surface area (Å²) in [7, 11) is 1.42. The number of aliphatic hydroxyl groups excluding tert-OH is 1. The minimum absolute atomic E-state index is 0.0368. The van der Waals surface area contributed by atoms with Gasteiger partial charge in [-0.25, -0.2) is 13.8 Å². The average Bonchev–Trinajstić information content (AvgIpc) is 2.28. The van der Waals surface area contributed by atoms with E-state index in [1.165, 1.54) is 18.2 Å². The smallest absolute Gasteiger partial charge is 0.255 e. The lowest BCUT2D eigenvalue weighted by atomic mass is 10.5. The Bertz CT molecular complexity index is 368. The number of halogens is 3. The van der Waals surface area contributed by atoms with Gasteiger partial charge in [-0.3, -0.25) is 0 Å². The van der Waals surface area contributed by atoms with Gasteiger partial charge in [0, 0.05) is 6.54 Å². The summed E-state index contributed by atoms with van der Waals surface area (Å²) in [6.07, 6.45) is -1.11. The zero-order chi connectivity index (χ0) is 12.8. The highest BCUT2D eigenvalue weighted by Crippen LogP contribution is 2.23. The Morgan fingerprint density at radius 1 is 1.59 bits per heavy atom. The van der Waals surface area contributed by atoms with Crippen molar-refractivity contribution in [3.63, 3.8) is 0 Å². The first kappa shape index (κ1) is 14.0. The summed E-state index contributed by atoms with van der Waals surface area (Å²) in [5, 5.41) is 8.81. The Kier molecular flexibility index (Phi) is 5.49. The van der Waals surface area contributed by atoms with Crippen LogP contribution in [0.5, 0.6) is 5.88 Å². The van der Waals surface area contributed by atoms with E-state index in [2.05, 4.69) is 25.9 Å². The second kappa shape index (κ2) is 6.65. The molecule has 8 heteroatoms. The molecule has 0 saturated carbocycles. The number of alkyl halides is 2. The fourth-order valence-electron chi connectivity index (χ4n) is 1.20. The number of rotatable bonds is 6. The molecule has 0 atom stereocenters. The van der Waals surface area contributed by atoms with Crippen molar-refractivity contribution < 1.29 is 18.6 Å². The average molecular weight is 312 g/mol. The zero-order valence-corrected chi connectivity index (χ0v) is 10.7. The first-order valence-corrected chi connectivity index (χ1v) is 5.58. The van der Waals surface area contributed by atoms with E-state index < -0.39 is 13.0 Å². The van der Waals surface area contributed by atoms with Crippen LogP contribution >= 0.6 is 15.9 Å². The summed E-state index contributed by atoms with van der Waals surface area (Å²) in [5.41, 5.74) is 0. The standard InChI is InChI=1S/C9H12BrF2N3O2/c1-17-8-6(10)4-13-9(14-8)15(2-3-16)5-7(11)12/h4,7,16H,2-3,5H2,1H3. The molecular weight excluding hydrogens is 300 g/mol. The molecule has 0 fully saturated rings. The number of aliphatic hydroxyl groups is 1. The Labute approximate surface area is 106 Å².